The Labute approximate surface area is 113 Å². The van der Waals surface area contributed by atoms with Gasteiger partial charge in [0.1, 0.15) is 17.7 Å². The Morgan fingerprint density at radius 1 is 1.47 bits per heavy atom. The summed E-state index contributed by atoms with van der Waals surface area (Å²) >= 11 is 9.36. The highest BCUT2D eigenvalue weighted by Gasteiger charge is 2.08. The van der Waals surface area contributed by atoms with Crippen molar-refractivity contribution >= 4 is 33.6 Å². The first kappa shape index (κ1) is 13.6. The quantitative estimate of drug-likeness (QED) is 0.795. The van der Waals surface area contributed by atoms with E-state index in [1.165, 1.54) is 6.08 Å². The van der Waals surface area contributed by atoms with Gasteiger partial charge in [-0.1, -0.05) is 11.6 Å². The zero-order valence-corrected chi connectivity index (χ0v) is 11.3. The van der Waals surface area contributed by atoms with Gasteiger partial charge in [0, 0.05) is 0 Å². The Balaban J connectivity index is 3.21. The molecule has 0 unspecified atom stereocenters. The number of hydrogen-bond acceptors (Lipinski definition) is 3. The number of benzene rings is 1. The van der Waals surface area contributed by atoms with Crippen LogP contribution in [0.1, 0.15) is 12.5 Å². The third kappa shape index (κ3) is 3.49. The van der Waals surface area contributed by atoms with Crippen molar-refractivity contribution < 1.29 is 4.74 Å². The standard InChI is InChI=1S/C12H8BrClN2O/c1-2-17-12-10(13)4-8(5-11(12)14)3-9(6-15)7-16/h3-5H,2H2,1H3. The lowest BCUT2D eigenvalue weighted by Gasteiger charge is -2.08. The fraction of sp³-hybridized carbons (Fsp3) is 0.167. The van der Waals surface area contributed by atoms with E-state index in [4.69, 9.17) is 26.9 Å². The lowest BCUT2D eigenvalue weighted by atomic mass is 10.1. The first-order chi connectivity index (χ1) is 8.12. The second kappa shape index (κ2) is 6.30. The molecule has 86 valence electrons. The molecule has 0 heterocycles. The number of allylic oxidation sites excluding steroid dienone is 1. The molecule has 0 fully saturated rings. The predicted molar refractivity (Wildman–Crippen MR) is 69.5 cm³/mol. The third-order valence-electron chi connectivity index (χ3n) is 1.86. The first-order valence-corrected chi connectivity index (χ1v) is 5.93. The van der Waals surface area contributed by atoms with E-state index in [1.807, 2.05) is 6.92 Å². The molecule has 5 heteroatoms. The maximum atomic E-state index is 8.65. The van der Waals surface area contributed by atoms with Crippen molar-refractivity contribution in [1.29, 1.82) is 10.5 Å². The lowest BCUT2D eigenvalue weighted by molar-refractivity contribution is 0.338. The molecule has 1 aromatic carbocycles. The highest BCUT2D eigenvalue weighted by molar-refractivity contribution is 9.10. The van der Waals surface area contributed by atoms with Crippen LogP contribution in [-0.2, 0) is 0 Å². The summed E-state index contributed by atoms with van der Waals surface area (Å²) in [5, 5.41) is 17.7. The van der Waals surface area contributed by atoms with Crippen molar-refractivity contribution in [1.82, 2.24) is 0 Å². The van der Waals surface area contributed by atoms with Gasteiger partial charge in [-0.05, 0) is 46.6 Å². The maximum Gasteiger partial charge on any atom is 0.152 e. The van der Waals surface area contributed by atoms with Gasteiger partial charge in [0.25, 0.3) is 0 Å². The van der Waals surface area contributed by atoms with Crippen molar-refractivity contribution in [3.8, 4) is 17.9 Å². The normalized spacial score (nSPS) is 9.00. The molecule has 1 rings (SSSR count). The average Bonchev–Trinajstić information content (AvgIpc) is 2.30. The van der Waals surface area contributed by atoms with Crippen LogP contribution in [0.2, 0.25) is 5.02 Å². The zero-order chi connectivity index (χ0) is 12.8. The highest BCUT2D eigenvalue weighted by atomic mass is 79.9. The molecule has 0 saturated carbocycles. The summed E-state index contributed by atoms with van der Waals surface area (Å²) in [6.45, 7) is 2.37. The topological polar surface area (TPSA) is 56.8 Å². The lowest BCUT2D eigenvalue weighted by Crippen LogP contribution is -1.93. The van der Waals surface area contributed by atoms with Gasteiger partial charge in [-0.2, -0.15) is 10.5 Å². The Hall–Kier alpha value is -1.49. The van der Waals surface area contributed by atoms with Gasteiger partial charge in [0.15, 0.2) is 5.75 Å². The van der Waals surface area contributed by atoms with Crippen LogP contribution in [0.4, 0.5) is 0 Å². The van der Waals surface area contributed by atoms with E-state index in [0.29, 0.717) is 27.4 Å². The summed E-state index contributed by atoms with van der Waals surface area (Å²) in [5.74, 6) is 0.557. The molecule has 0 amide bonds. The summed E-state index contributed by atoms with van der Waals surface area (Å²) in [6, 6.07) is 6.96. The average molecular weight is 312 g/mol. The van der Waals surface area contributed by atoms with E-state index in [1.54, 1.807) is 24.3 Å². The van der Waals surface area contributed by atoms with Gasteiger partial charge in [-0.15, -0.1) is 0 Å². The molecule has 0 atom stereocenters. The Kier molecular flexibility index (Phi) is 5.03. The molecule has 0 aliphatic heterocycles. The molecule has 1 aromatic rings. The molecule has 0 aliphatic carbocycles. The van der Waals surface area contributed by atoms with Crippen LogP contribution in [-0.4, -0.2) is 6.61 Å². The predicted octanol–water partition coefficient (Wildman–Crippen LogP) is 3.93. The smallest absolute Gasteiger partial charge is 0.152 e. The molecule has 0 spiro atoms. The summed E-state index contributed by atoms with van der Waals surface area (Å²) < 4.78 is 6.04. The highest BCUT2D eigenvalue weighted by Crippen LogP contribution is 2.35. The number of rotatable bonds is 3. The number of nitrogens with zero attached hydrogens (tertiary/aromatic N) is 2. The SMILES string of the molecule is CCOc1c(Cl)cc(C=C(C#N)C#N)cc1Br. The Morgan fingerprint density at radius 2 is 2.12 bits per heavy atom. The summed E-state index contributed by atoms with van der Waals surface area (Å²) in [6.07, 6.45) is 1.46. The van der Waals surface area contributed by atoms with Crippen molar-refractivity contribution in [2.75, 3.05) is 6.61 Å². The van der Waals surface area contributed by atoms with E-state index in [9.17, 15) is 0 Å². The van der Waals surface area contributed by atoms with Crippen LogP contribution in [0, 0.1) is 22.7 Å². The zero-order valence-electron chi connectivity index (χ0n) is 9.00. The molecule has 17 heavy (non-hydrogen) atoms. The van der Waals surface area contributed by atoms with Crippen molar-refractivity contribution in [2.24, 2.45) is 0 Å². The number of ether oxygens (including phenoxy) is 1. The molecule has 0 aliphatic rings. The largest absolute Gasteiger partial charge is 0.491 e. The van der Waals surface area contributed by atoms with E-state index >= 15 is 0 Å². The van der Waals surface area contributed by atoms with Gasteiger partial charge in [0.05, 0.1) is 16.1 Å². The molecule has 0 N–H and O–H groups in total. The number of nitriles is 2. The van der Waals surface area contributed by atoms with Gasteiger partial charge >= 0.3 is 0 Å². The molecular formula is C12H8BrClN2O. The Morgan fingerprint density at radius 3 is 2.59 bits per heavy atom. The minimum atomic E-state index is 0.0251. The first-order valence-electron chi connectivity index (χ1n) is 4.76. The maximum absolute atomic E-state index is 8.65. The van der Waals surface area contributed by atoms with Gasteiger partial charge < -0.3 is 4.74 Å². The fourth-order valence-electron chi connectivity index (χ4n) is 1.20. The second-order valence-electron chi connectivity index (χ2n) is 3.03. The van der Waals surface area contributed by atoms with E-state index in [-0.39, 0.29) is 5.57 Å². The summed E-state index contributed by atoms with van der Waals surface area (Å²) in [7, 11) is 0. The van der Waals surface area contributed by atoms with Crippen LogP contribution in [0.3, 0.4) is 0 Å². The fourth-order valence-corrected chi connectivity index (χ4v) is 2.19. The van der Waals surface area contributed by atoms with Gasteiger partial charge in [-0.3, -0.25) is 0 Å². The number of hydrogen-bond donors (Lipinski definition) is 0. The minimum absolute atomic E-state index is 0.0251. The van der Waals surface area contributed by atoms with Crippen LogP contribution < -0.4 is 4.74 Å². The molecule has 0 saturated heterocycles. The third-order valence-corrected chi connectivity index (χ3v) is 2.73. The van der Waals surface area contributed by atoms with Crippen LogP contribution >= 0.6 is 27.5 Å². The molecule has 0 bridgehead atoms. The van der Waals surface area contributed by atoms with Crippen LogP contribution in [0.5, 0.6) is 5.75 Å². The van der Waals surface area contributed by atoms with Crippen LogP contribution in [0.15, 0.2) is 22.2 Å². The molecule has 0 radical (unpaired) electrons. The minimum Gasteiger partial charge on any atom is -0.491 e. The number of halogens is 2. The second-order valence-corrected chi connectivity index (χ2v) is 4.29. The van der Waals surface area contributed by atoms with Crippen LogP contribution in [0.25, 0.3) is 6.08 Å². The van der Waals surface area contributed by atoms with Gasteiger partial charge in [0.2, 0.25) is 0 Å². The van der Waals surface area contributed by atoms with Gasteiger partial charge in [-0.25, -0.2) is 0 Å². The monoisotopic (exact) mass is 310 g/mol. The summed E-state index contributed by atoms with van der Waals surface area (Å²) in [5.41, 5.74) is 0.695. The molecular weight excluding hydrogens is 304 g/mol. The van der Waals surface area contributed by atoms with Crippen molar-refractivity contribution in [3.63, 3.8) is 0 Å². The van der Waals surface area contributed by atoms with E-state index in [0.717, 1.165) is 0 Å². The Bertz CT molecular complexity index is 501. The van der Waals surface area contributed by atoms with Crippen molar-refractivity contribution in [2.45, 2.75) is 6.92 Å². The summed E-state index contributed by atoms with van der Waals surface area (Å²) in [4.78, 5) is 0. The molecule has 0 aromatic heterocycles. The van der Waals surface area contributed by atoms with Crippen molar-refractivity contribution in [3.05, 3.63) is 32.8 Å². The van der Waals surface area contributed by atoms with E-state index < -0.39 is 0 Å². The van der Waals surface area contributed by atoms with E-state index in [2.05, 4.69) is 15.9 Å². The molecule has 3 nitrogen and oxygen atoms in total.